The molecule has 0 N–H and O–H groups in total. The third-order valence-electron chi connectivity index (χ3n) is 0.331. The number of hydrogen-bond donors (Lipinski definition) is 0. The Hall–Kier alpha value is -0.440. The highest BCUT2D eigenvalue weighted by molar-refractivity contribution is 7.93. The molecular formula is C3H3NOS. The highest BCUT2D eigenvalue weighted by atomic mass is 32.2. The summed E-state index contributed by atoms with van der Waals surface area (Å²) in [6, 6.07) is 0. The Morgan fingerprint density at radius 3 is 3.33 bits per heavy atom. The smallest absolute Gasteiger partial charge is 0.200 e. The van der Waals surface area contributed by atoms with Gasteiger partial charge in [-0.3, -0.25) is 0 Å². The molecule has 0 bridgehead atoms. The third-order valence-corrected chi connectivity index (χ3v) is 0.708. The van der Waals surface area contributed by atoms with E-state index in [0.29, 0.717) is 0 Å². The van der Waals surface area contributed by atoms with Gasteiger partial charge in [-0.2, -0.15) is 4.40 Å². The van der Waals surface area contributed by atoms with E-state index in [1.807, 2.05) is 0 Å². The fraction of sp³-hybridized carbons (Fsp3) is 0. The van der Waals surface area contributed by atoms with Crippen LogP contribution in [-0.4, -0.2) is 6.19 Å². The molecule has 6 heavy (non-hydrogen) atoms. The van der Waals surface area contributed by atoms with Gasteiger partial charge in [0, 0.05) is 6.19 Å². The van der Waals surface area contributed by atoms with E-state index >= 15 is 0 Å². The van der Waals surface area contributed by atoms with E-state index in [1.165, 1.54) is 12.3 Å². The predicted octanol–water partition coefficient (Wildman–Crippen LogP) is 1.16. The SMILES string of the molecule is [2H]C1=NSOC=C1. The molecule has 1 rings (SSSR count). The van der Waals surface area contributed by atoms with E-state index in [4.69, 9.17) is 1.37 Å². The molecule has 1 heterocycles. The van der Waals surface area contributed by atoms with Crippen molar-refractivity contribution >= 4 is 18.4 Å². The molecule has 0 spiro atoms. The molecule has 0 radical (unpaired) electrons. The molecule has 0 fully saturated rings. The minimum Gasteiger partial charge on any atom is -0.412 e. The first-order chi connectivity index (χ1) is 3.39. The lowest BCUT2D eigenvalue weighted by atomic mass is 10.7. The van der Waals surface area contributed by atoms with Gasteiger partial charge in [0.05, 0.1) is 1.37 Å². The summed E-state index contributed by atoms with van der Waals surface area (Å²) in [6.45, 7) is 0. The van der Waals surface area contributed by atoms with Crippen molar-refractivity contribution in [3.63, 3.8) is 0 Å². The maximum Gasteiger partial charge on any atom is 0.200 e. The summed E-state index contributed by atoms with van der Waals surface area (Å²) in [5.41, 5.74) is 0. The quantitative estimate of drug-likeness (QED) is 0.338. The van der Waals surface area contributed by atoms with Gasteiger partial charge in [0.1, 0.15) is 6.26 Å². The Morgan fingerprint density at radius 2 is 3.00 bits per heavy atom. The zero-order chi connectivity index (χ0) is 5.11. The van der Waals surface area contributed by atoms with E-state index in [-0.39, 0.29) is 6.19 Å². The summed E-state index contributed by atoms with van der Waals surface area (Å²) >= 11 is 0.917. The maximum atomic E-state index is 6.83. The summed E-state index contributed by atoms with van der Waals surface area (Å²) < 4.78 is 14.9. The summed E-state index contributed by atoms with van der Waals surface area (Å²) in [5.74, 6) is 0. The van der Waals surface area contributed by atoms with Crippen LogP contribution in [0.5, 0.6) is 0 Å². The van der Waals surface area contributed by atoms with Gasteiger partial charge in [-0.15, -0.1) is 0 Å². The molecule has 0 saturated heterocycles. The van der Waals surface area contributed by atoms with E-state index in [1.54, 1.807) is 0 Å². The normalized spacial score (nSPS) is 21.3. The monoisotopic (exact) mass is 102 g/mol. The molecule has 0 aromatic heterocycles. The molecule has 1 aliphatic rings. The van der Waals surface area contributed by atoms with Crippen LogP contribution in [0.3, 0.4) is 0 Å². The second kappa shape index (κ2) is 1.87. The second-order valence-electron chi connectivity index (χ2n) is 0.694. The number of rotatable bonds is 0. The van der Waals surface area contributed by atoms with Crippen molar-refractivity contribution in [3.05, 3.63) is 12.3 Å². The first-order valence-corrected chi connectivity index (χ1v) is 2.13. The minimum absolute atomic E-state index is 0.247. The van der Waals surface area contributed by atoms with E-state index in [0.717, 1.165) is 12.2 Å². The Kier molecular flexibility index (Phi) is 0.837. The third kappa shape index (κ3) is 0.755. The molecule has 0 amide bonds. The summed E-state index contributed by atoms with van der Waals surface area (Å²) in [4.78, 5) is 0. The van der Waals surface area contributed by atoms with Crippen LogP contribution in [0.25, 0.3) is 0 Å². The van der Waals surface area contributed by atoms with Gasteiger partial charge in [-0.05, 0) is 6.08 Å². The van der Waals surface area contributed by atoms with Crippen LogP contribution in [0.4, 0.5) is 0 Å². The molecule has 1 aliphatic heterocycles. The standard InChI is InChI=1S/C3H3NOS/c1-2-4-6-5-3-1/h1-3H/i2D. The van der Waals surface area contributed by atoms with Crippen LogP contribution in [-0.2, 0) is 4.18 Å². The van der Waals surface area contributed by atoms with Gasteiger partial charge in [-0.25, -0.2) is 0 Å². The fourth-order valence-electron chi connectivity index (χ4n) is 0.157. The van der Waals surface area contributed by atoms with Crippen molar-refractivity contribution in [1.29, 1.82) is 0 Å². The number of nitrogens with zero attached hydrogens (tertiary/aromatic N) is 1. The van der Waals surface area contributed by atoms with Crippen LogP contribution >= 0.6 is 12.2 Å². The molecular weight excluding hydrogens is 98.1 g/mol. The van der Waals surface area contributed by atoms with E-state index in [9.17, 15) is 0 Å². The first-order valence-electron chi connectivity index (χ1n) is 1.93. The highest BCUT2D eigenvalue weighted by Gasteiger charge is 1.79. The fourth-order valence-corrected chi connectivity index (χ4v) is 0.409. The van der Waals surface area contributed by atoms with Gasteiger partial charge < -0.3 is 4.18 Å². The van der Waals surface area contributed by atoms with Crippen molar-refractivity contribution in [2.24, 2.45) is 4.40 Å². The van der Waals surface area contributed by atoms with Crippen LogP contribution < -0.4 is 0 Å². The average Bonchev–Trinajstić information content (AvgIpc) is 1.69. The second-order valence-corrected chi connectivity index (χ2v) is 1.22. The molecule has 0 aromatic rings. The Morgan fingerprint density at radius 1 is 2.00 bits per heavy atom. The zero-order valence-corrected chi connectivity index (χ0v) is 3.73. The average molecular weight is 102 g/mol. The molecule has 0 unspecified atom stereocenters. The largest absolute Gasteiger partial charge is 0.412 e. The molecule has 3 heteroatoms. The van der Waals surface area contributed by atoms with Crippen molar-refractivity contribution in [2.75, 3.05) is 0 Å². The van der Waals surface area contributed by atoms with Gasteiger partial charge in [0.25, 0.3) is 0 Å². The van der Waals surface area contributed by atoms with E-state index < -0.39 is 0 Å². The molecule has 32 valence electrons. The summed E-state index contributed by atoms with van der Waals surface area (Å²) in [5, 5.41) is 0. The van der Waals surface area contributed by atoms with Gasteiger partial charge in [-0.1, -0.05) is 0 Å². The van der Waals surface area contributed by atoms with Crippen molar-refractivity contribution in [3.8, 4) is 0 Å². The van der Waals surface area contributed by atoms with Gasteiger partial charge in [0.15, 0.2) is 0 Å². The molecule has 0 saturated carbocycles. The van der Waals surface area contributed by atoms with Crippen LogP contribution in [0.1, 0.15) is 1.37 Å². The molecule has 2 nitrogen and oxygen atoms in total. The Labute approximate surface area is 41.7 Å². The lowest BCUT2D eigenvalue weighted by Gasteiger charge is -1.90. The molecule has 0 aromatic carbocycles. The highest BCUT2D eigenvalue weighted by Crippen LogP contribution is 2.05. The van der Waals surface area contributed by atoms with E-state index in [2.05, 4.69) is 8.58 Å². The van der Waals surface area contributed by atoms with Crippen LogP contribution in [0.2, 0.25) is 0 Å². The Balaban J connectivity index is 2.58. The maximum absolute atomic E-state index is 6.83. The van der Waals surface area contributed by atoms with Crippen molar-refractivity contribution < 1.29 is 5.55 Å². The lowest BCUT2D eigenvalue weighted by molar-refractivity contribution is 0.566. The van der Waals surface area contributed by atoms with Crippen LogP contribution in [0, 0.1) is 0 Å². The Bertz CT molecular complexity index is 122. The predicted molar refractivity (Wildman–Crippen MR) is 26.3 cm³/mol. The summed E-state index contributed by atoms with van der Waals surface area (Å²) in [6.07, 6.45) is 3.16. The van der Waals surface area contributed by atoms with Crippen LogP contribution in [0.15, 0.2) is 16.7 Å². The van der Waals surface area contributed by atoms with Gasteiger partial charge >= 0.3 is 0 Å². The first kappa shape index (κ1) is 2.69. The van der Waals surface area contributed by atoms with Gasteiger partial charge in [0.2, 0.25) is 12.2 Å². The summed E-state index contributed by atoms with van der Waals surface area (Å²) in [7, 11) is 0. The molecule has 0 atom stereocenters. The zero-order valence-electron chi connectivity index (χ0n) is 3.92. The number of hydrogen-bond acceptors (Lipinski definition) is 3. The topological polar surface area (TPSA) is 21.6 Å². The van der Waals surface area contributed by atoms with Crippen molar-refractivity contribution in [2.45, 2.75) is 0 Å². The minimum atomic E-state index is 0.247. The number of allylic oxidation sites excluding steroid dienone is 1. The van der Waals surface area contributed by atoms with Crippen molar-refractivity contribution in [1.82, 2.24) is 0 Å². The molecule has 0 aliphatic carbocycles. The lowest BCUT2D eigenvalue weighted by Crippen LogP contribution is -1.70.